The summed E-state index contributed by atoms with van der Waals surface area (Å²) in [5.41, 5.74) is 10.6. The quantitative estimate of drug-likeness (QED) is 0.353. The molecule has 1 aliphatic rings. The van der Waals surface area contributed by atoms with Gasteiger partial charge in [-0.2, -0.15) is 0 Å². The van der Waals surface area contributed by atoms with E-state index in [2.05, 4.69) is 67.4 Å². The third-order valence-electron chi connectivity index (χ3n) is 5.45. The number of H-pyrrole nitrogens is 1. The summed E-state index contributed by atoms with van der Waals surface area (Å²) in [4.78, 5) is 3.69. The maximum absolute atomic E-state index is 6.14. The van der Waals surface area contributed by atoms with E-state index in [1.165, 1.54) is 50.0 Å². The molecule has 1 nitrogen and oxygen atoms in total. The molecule has 0 saturated heterocycles. The number of para-hydroxylation sites is 1. The van der Waals surface area contributed by atoms with Crippen LogP contribution in [0.2, 0.25) is 5.02 Å². The number of fused-ring (bicyclic) bond motifs is 5. The lowest BCUT2D eigenvalue weighted by Crippen LogP contribution is -2.01. The molecule has 25 heavy (non-hydrogen) atoms. The molecule has 0 bridgehead atoms. The van der Waals surface area contributed by atoms with Crippen LogP contribution in [-0.4, -0.2) is 4.98 Å². The van der Waals surface area contributed by atoms with Crippen molar-refractivity contribution in [2.24, 2.45) is 0 Å². The Balaban J connectivity index is 1.91. The molecule has 1 unspecified atom stereocenters. The predicted octanol–water partition coefficient (Wildman–Crippen LogP) is 6.60. The monoisotopic (exact) mass is 343 g/mol. The van der Waals surface area contributed by atoms with E-state index in [4.69, 9.17) is 11.6 Å². The van der Waals surface area contributed by atoms with Crippen molar-refractivity contribution in [1.82, 2.24) is 4.98 Å². The number of benzene rings is 3. The Bertz CT molecular complexity index is 1120. The summed E-state index contributed by atoms with van der Waals surface area (Å²) in [7, 11) is 0. The molecule has 1 N–H and O–H groups in total. The summed E-state index contributed by atoms with van der Waals surface area (Å²) in [5, 5.41) is 2.09. The minimum Gasteiger partial charge on any atom is -0.354 e. The minimum absolute atomic E-state index is 0.248. The van der Waals surface area contributed by atoms with Crippen molar-refractivity contribution < 1.29 is 0 Å². The van der Waals surface area contributed by atoms with Gasteiger partial charge in [-0.25, -0.2) is 0 Å². The van der Waals surface area contributed by atoms with Gasteiger partial charge >= 0.3 is 0 Å². The lowest BCUT2D eigenvalue weighted by Gasteiger charge is -2.17. The number of hydrogen-bond donors (Lipinski definition) is 1. The second-order valence-corrected chi connectivity index (χ2v) is 7.37. The van der Waals surface area contributed by atoms with Crippen molar-refractivity contribution in [1.29, 1.82) is 0 Å². The van der Waals surface area contributed by atoms with Gasteiger partial charge in [0.2, 0.25) is 0 Å². The average molecular weight is 344 g/mol. The molecule has 0 radical (unpaired) electrons. The van der Waals surface area contributed by atoms with E-state index in [0.717, 1.165) is 5.02 Å². The highest BCUT2D eigenvalue weighted by molar-refractivity contribution is 6.30. The Morgan fingerprint density at radius 2 is 1.52 bits per heavy atom. The summed E-state index contributed by atoms with van der Waals surface area (Å²) >= 11 is 6.14. The van der Waals surface area contributed by atoms with E-state index in [-0.39, 0.29) is 5.92 Å². The van der Waals surface area contributed by atoms with Gasteiger partial charge in [0.25, 0.3) is 0 Å². The second-order valence-electron chi connectivity index (χ2n) is 6.93. The number of hydrogen-bond acceptors (Lipinski definition) is 0. The van der Waals surface area contributed by atoms with Gasteiger partial charge in [-0.1, -0.05) is 54.1 Å². The van der Waals surface area contributed by atoms with Gasteiger partial charge in [-0.3, -0.25) is 0 Å². The van der Waals surface area contributed by atoms with E-state index < -0.39 is 0 Å². The minimum atomic E-state index is 0.248. The number of nitrogens with one attached hydrogen (secondary N) is 1. The zero-order chi connectivity index (χ0) is 17.1. The molecule has 1 atom stereocenters. The summed E-state index contributed by atoms with van der Waals surface area (Å²) in [6.07, 6.45) is 0. The molecule has 1 aliphatic carbocycles. The Hall–Kier alpha value is -2.51. The molecule has 1 heterocycles. The molecule has 1 aromatic heterocycles. The first-order valence-electron chi connectivity index (χ1n) is 8.61. The van der Waals surface area contributed by atoms with Crippen LogP contribution in [0, 0.1) is 13.8 Å². The summed E-state index contributed by atoms with van der Waals surface area (Å²) < 4.78 is 0. The van der Waals surface area contributed by atoms with E-state index >= 15 is 0 Å². The molecule has 4 aromatic rings. The zero-order valence-corrected chi connectivity index (χ0v) is 15.0. The molecular weight excluding hydrogens is 326 g/mol. The molecule has 0 amide bonds. The Morgan fingerprint density at radius 3 is 2.32 bits per heavy atom. The van der Waals surface area contributed by atoms with Crippen LogP contribution in [0.5, 0.6) is 0 Å². The normalized spacial score (nSPS) is 15.4. The van der Waals surface area contributed by atoms with Gasteiger partial charge in [0, 0.05) is 27.4 Å². The van der Waals surface area contributed by atoms with Gasteiger partial charge in [-0.15, -0.1) is 0 Å². The van der Waals surface area contributed by atoms with Crippen LogP contribution in [0.25, 0.3) is 22.2 Å². The molecular formula is C23H18ClN. The fourth-order valence-corrected chi connectivity index (χ4v) is 4.46. The lowest BCUT2D eigenvalue weighted by atomic mass is 9.85. The molecule has 2 heteroatoms. The Morgan fingerprint density at radius 1 is 0.800 bits per heavy atom. The fourth-order valence-electron chi connectivity index (χ4n) is 4.33. The highest BCUT2D eigenvalue weighted by atomic mass is 35.5. The van der Waals surface area contributed by atoms with Gasteiger partial charge in [-0.05, 0) is 59.9 Å². The number of aromatic amines is 1. The molecule has 0 spiro atoms. The first kappa shape index (κ1) is 14.8. The van der Waals surface area contributed by atoms with Crippen LogP contribution in [0.3, 0.4) is 0 Å². The zero-order valence-electron chi connectivity index (χ0n) is 14.2. The summed E-state index contributed by atoms with van der Waals surface area (Å²) in [6, 6.07) is 21.4. The standard InChI is InChI=1S/C23H18ClN/c1-13-7-8-14(2)20-19(13)21(15-9-11-16(24)12-10-15)22-17-5-3-4-6-18(17)25-23(20)22/h3-12,21,25H,1-2H3. The number of aromatic nitrogens is 1. The van der Waals surface area contributed by atoms with Gasteiger partial charge < -0.3 is 4.98 Å². The van der Waals surface area contributed by atoms with Crippen LogP contribution in [0.15, 0.2) is 60.7 Å². The van der Waals surface area contributed by atoms with Crippen molar-refractivity contribution >= 4 is 22.5 Å². The van der Waals surface area contributed by atoms with Gasteiger partial charge in [0.15, 0.2) is 0 Å². The summed E-state index contributed by atoms with van der Waals surface area (Å²) in [5.74, 6) is 0.248. The van der Waals surface area contributed by atoms with Crippen LogP contribution < -0.4 is 0 Å². The van der Waals surface area contributed by atoms with Crippen molar-refractivity contribution in [3.8, 4) is 11.3 Å². The predicted molar refractivity (Wildman–Crippen MR) is 106 cm³/mol. The molecule has 3 aromatic carbocycles. The molecule has 5 rings (SSSR count). The largest absolute Gasteiger partial charge is 0.354 e. The Kier molecular flexibility index (Phi) is 3.10. The fraction of sp³-hybridized carbons (Fsp3) is 0.130. The molecule has 122 valence electrons. The van der Waals surface area contributed by atoms with Crippen LogP contribution in [-0.2, 0) is 0 Å². The highest BCUT2D eigenvalue weighted by Crippen LogP contribution is 2.52. The van der Waals surface area contributed by atoms with E-state index in [1.54, 1.807) is 0 Å². The highest BCUT2D eigenvalue weighted by Gasteiger charge is 2.35. The lowest BCUT2D eigenvalue weighted by molar-refractivity contribution is 1.01. The molecule has 0 saturated carbocycles. The molecule has 0 aliphatic heterocycles. The first-order valence-corrected chi connectivity index (χ1v) is 8.99. The topological polar surface area (TPSA) is 15.8 Å². The van der Waals surface area contributed by atoms with Crippen molar-refractivity contribution in [2.45, 2.75) is 19.8 Å². The first-order chi connectivity index (χ1) is 12.1. The van der Waals surface area contributed by atoms with Crippen LogP contribution in [0.4, 0.5) is 0 Å². The third-order valence-corrected chi connectivity index (χ3v) is 5.70. The average Bonchev–Trinajstić information content (AvgIpc) is 3.14. The number of halogens is 1. The van der Waals surface area contributed by atoms with E-state index in [0.29, 0.717) is 0 Å². The maximum Gasteiger partial charge on any atom is 0.0513 e. The van der Waals surface area contributed by atoms with Crippen LogP contribution >= 0.6 is 11.6 Å². The van der Waals surface area contributed by atoms with Gasteiger partial charge in [0.05, 0.1) is 5.69 Å². The second kappa shape index (κ2) is 5.24. The SMILES string of the molecule is Cc1ccc(C)c2c1-c1[nH]c3ccccc3c1C2c1ccc(Cl)cc1. The molecule has 0 fully saturated rings. The van der Waals surface area contributed by atoms with Gasteiger partial charge in [0.1, 0.15) is 0 Å². The maximum atomic E-state index is 6.14. The third kappa shape index (κ3) is 2.03. The van der Waals surface area contributed by atoms with Crippen molar-refractivity contribution in [2.75, 3.05) is 0 Å². The Labute approximate surface area is 152 Å². The van der Waals surface area contributed by atoms with Crippen LogP contribution in [0.1, 0.15) is 33.7 Å². The smallest absolute Gasteiger partial charge is 0.0513 e. The number of rotatable bonds is 1. The van der Waals surface area contributed by atoms with E-state index in [9.17, 15) is 0 Å². The van der Waals surface area contributed by atoms with E-state index in [1.807, 2.05) is 12.1 Å². The summed E-state index contributed by atoms with van der Waals surface area (Å²) in [6.45, 7) is 4.42. The van der Waals surface area contributed by atoms with Crippen molar-refractivity contribution in [3.63, 3.8) is 0 Å². The van der Waals surface area contributed by atoms with Crippen molar-refractivity contribution in [3.05, 3.63) is 93.5 Å². The number of aryl methyl sites for hydroxylation is 2.